The fourth-order valence-corrected chi connectivity index (χ4v) is 1.67. The van der Waals surface area contributed by atoms with E-state index in [1.807, 2.05) is 6.92 Å². The number of hydrogen-bond donors (Lipinski definition) is 0. The molecule has 1 nitrogen and oxygen atoms in total. The molecule has 2 radical (unpaired) electrons. The summed E-state index contributed by atoms with van der Waals surface area (Å²) >= 11 is 0. The molecule has 0 unspecified atom stereocenters. The SMILES string of the molecule is CC1=CC(=O)CC(C)(C)C1.[Na].[Na]. The Hall–Kier alpha value is 1.41. The van der Waals surface area contributed by atoms with Crippen LogP contribution in [0.4, 0.5) is 0 Å². The zero-order valence-electron chi connectivity index (χ0n) is 8.90. The van der Waals surface area contributed by atoms with Crippen molar-refractivity contribution in [2.45, 2.75) is 33.6 Å². The van der Waals surface area contributed by atoms with Gasteiger partial charge in [0.15, 0.2) is 5.78 Å². The summed E-state index contributed by atoms with van der Waals surface area (Å²) in [5.74, 6) is 0.286. The van der Waals surface area contributed by atoms with E-state index in [2.05, 4.69) is 13.8 Å². The second-order valence-electron chi connectivity index (χ2n) is 3.97. The van der Waals surface area contributed by atoms with E-state index in [1.165, 1.54) is 5.57 Å². The van der Waals surface area contributed by atoms with Gasteiger partial charge in [0.1, 0.15) is 0 Å². The Bertz CT molecular complexity index is 195. The molecule has 0 saturated heterocycles. The fourth-order valence-electron chi connectivity index (χ4n) is 1.67. The van der Waals surface area contributed by atoms with Gasteiger partial charge >= 0.3 is 0 Å². The summed E-state index contributed by atoms with van der Waals surface area (Å²) in [6.45, 7) is 6.31. The predicted octanol–water partition coefficient (Wildman–Crippen LogP) is 1.56. The van der Waals surface area contributed by atoms with Crippen LogP contribution in [0.2, 0.25) is 0 Å². The van der Waals surface area contributed by atoms with E-state index in [-0.39, 0.29) is 70.3 Å². The molecule has 1 rings (SSSR count). The van der Waals surface area contributed by atoms with Crippen LogP contribution in [0.5, 0.6) is 0 Å². The molecule has 0 aromatic rings. The van der Waals surface area contributed by atoms with Crippen LogP contribution in [0.1, 0.15) is 33.6 Å². The van der Waals surface area contributed by atoms with E-state index >= 15 is 0 Å². The summed E-state index contributed by atoms with van der Waals surface area (Å²) in [4.78, 5) is 11.0. The van der Waals surface area contributed by atoms with Gasteiger partial charge in [0.25, 0.3) is 0 Å². The van der Waals surface area contributed by atoms with Crippen molar-refractivity contribution < 1.29 is 4.79 Å². The minimum atomic E-state index is 0. The van der Waals surface area contributed by atoms with Crippen molar-refractivity contribution in [3.05, 3.63) is 11.6 Å². The van der Waals surface area contributed by atoms with Gasteiger partial charge in [0.2, 0.25) is 0 Å². The van der Waals surface area contributed by atoms with Crippen molar-refractivity contribution in [3.8, 4) is 0 Å². The van der Waals surface area contributed by atoms with Gasteiger partial charge in [-0.1, -0.05) is 19.4 Å². The van der Waals surface area contributed by atoms with E-state index in [0.29, 0.717) is 6.42 Å². The van der Waals surface area contributed by atoms with E-state index in [9.17, 15) is 4.79 Å². The molecule has 0 amide bonds. The van der Waals surface area contributed by atoms with Crippen molar-refractivity contribution in [2.75, 3.05) is 0 Å². The zero-order chi connectivity index (χ0) is 7.78. The molecule has 0 N–H and O–H groups in total. The average molecular weight is 184 g/mol. The van der Waals surface area contributed by atoms with Crippen molar-refractivity contribution in [3.63, 3.8) is 0 Å². The molecule has 12 heavy (non-hydrogen) atoms. The molecular formula is C9H14Na2O. The molecule has 0 atom stereocenters. The molecule has 3 heteroatoms. The maximum atomic E-state index is 11.0. The van der Waals surface area contributed by atoms with Crippen molar-refractivity contribution in [1.29, 1.82) is 0 Å². The molecule has 0 saturated carbocycles. The van der Waals surface area contributed by atoms with Gasteiger partial charge in [0, 0.05) is 65.5 Å². The Morgan fingerprint density at radius 2 is 1.75 bits per heavy atom. The first-order valence-corrected chi connectivity index (χ1v) is 3.70. The molecule has 58 valence electrons. The summed E-state index contributed by atoms with van der Waals surface area (Å²) in [6, 6.07) is 0. The van der Waals surface area contributed by atoms with E-state index in [0.717, 1.165) is 6.42 Å². The number of rotatable bonds is 0. The number of carbonyl (C=O) groups is 1. The third kappa shape index (κ3) is 5.21. The van der Waals surface area contributed by atoms with E-state index in [1.54, 1.807) is 6.08 Å². The van der Waals surface area contributed by atoms with Crippen molar-refractivity contribution in [1.82, 2.24) is 0 Å². The maximum absolute atomic E-state index is 11.0. The molecule has 0 bridgehead atoms. The molecule has 0 spiro atoms. The molecule has 0 aromatic heterocycles. The van der Waals surface area contributed by atoms with Gasteiger partial charge in [-0.25, -0.2) is 0 Å². The quantitative estimate of drug-likeness (QED) is 0.522. The molecular weight excluding hydrogens is 170 g/mol. The Kier molecular flexibility index (Phi) is 7.93. The molecule has 1 aliphatic carbocycles. The van der Waals surface area contributed by atoms with Crippen LogP contribution in [-0.4, -0.2) is 64.9 Å². The largest absolute Gasteiger partial charge is 0.295 e. The van der Waals surface area contributed by atoms with Crippen LogP contribution in [-0.2, 0) is 4.79 Å². The van der Waals surface area contributed by atoms with Crippen molar-refractivity contribution >= 4 is 64.9 Å². The second kappa shape index (κ2) is 6.00. The molecule has 1 aliphatic rings. The Labute approximate surface area is 119 Å². The monoisotopic (exact) mass is 184 g/mol. The minimum Gasteiger partial charge on any atom is -0.295 e. The summed E-state index contributed by atoms with van der Waals surface area (Å²) < 4.78 is 0. The first-order valence-electron chi connectivity index (χ1n) is 3.70. The van der Waals surface area contributed by atoms with Crippen LogP contribution in [0.25, 0.3) is 0 Å². The van der Waals surface area contributed by atoms with Crippen LogP contribution in [0.3, 0.4) is 0 Å². The van der Waals surface area contributed by atoms with Crippen LogP contribution < -0.4 is 0 Å². The van der Waals surface area contributed by atoms with Gasteiger partial charge < -0.3 is 0 Å². The third-order valence-corrected chi connectivity index (χ3v) is 1.82. The summed E-state index contributed by atoms with van der Waals surface area (Å²) in [5.41, 5.74) is 1.43. The minimum absolute atomic E-state index is 0. The summed E-state index contributed by atoms with van der Waals surface area (Å²) in [5, 5.41) is 0. The first-order chi connectivity index (χ1) is 4.49. The zero-order valence-corrected chi connectivity index (χ0v) is 12.9. The predicted molar refractivity (Wildman–Crippen MR) is 53.3 cm³/mol. The fraction of sp³-hybridized carbons (Fsp3) is 0.667. The molecule has 0 aliphatic heterocycles. The smallest absolute Gasteiger partial charge is 0.156 e. The second-order valence-corrected chi connectivity index (χ2v) is 3.97. The van der Waals surface area contributed by atoms with Gasteiger partial charge in [-0.15, -0.1) is 0 Å². The summed E-state index contributed by atoms with van der Waals surface area (Å²) in [6.07, 6.45) is 3.55. The first kappa shape index (κ1) is 15.9. The third-order valence-electron chi connectivity index (χ3n) is 1.82. The molecule has 0 aromatic carbocycles. The Balaban J connectivity index is 0. The number of carbonyl (C=O) groups excluding carboxylic acids is 1. The normalized spacial score (nSPS) is 20.2. The topological polar surface area (TPSA) is 17.1 Å². The van der Waals surface area contributed by atoms with E-state index in [4.69, 9.17) is 0 Å². The van der Waals surface area contributed by atoms with Gasteiger partial charge in [0.05, 0.1) is 0 Å². The van der Waals surface area contributed by atoms with E-state index < -0.39 is 0 Å². The summed E-state index contributed by atoms with van der Waals surface area (Å²) in [7, 11) is 0. The standard InChI is InChI=1S/C9H14O.2Na/c1-7-4-8(10)6-9(2,3)5-7;;/h4H,5-6H2,1-3H3;;. The maximum Gasteiger partial charge on any atom is 0.156 e. The van der Waals surface area contributed by atoms with Gasteiger partial charge in [-0.3, -0.25) is 4.79 Å². The van der Waals surface area contributed by atoms with Crippen LogP contribution in [0.15, 0.2) is 11.6 Å². The Morgan fingerprint density at radius 3 is 2.08 bits per heavy atom. The molecule has 0 fully saturated rings. The molecule has 0 heterocycles. The van der Waals surface area contributed by atoms with Crippen molar-refractivity contribution in [2.24, 2.45) is 5.41 Å². The average Bonchev–Trinajstić information content (AvgIpc) is 1.54. The van der Waals surface area contributed by atoms with Crippen LogP contribution in [0, 0.1) is 5.41 Å². The number of ketones is 1. The van der Waals surface area contributed by atoms with Crippen LogP contribution >= 0.6 is 0 Å². The number of allylic oxidation sites excluding steroid dienone is 2. The number of hydrogen-bond acceptors (Lipinski definition) is 1. The van der Waals surface area contributed by atoms with Gasteiger partial charge in [-0.05, 0) is 24.8 Å². The van der Waals surface area contributed by atoms with Gasteiger partial charge in [-0.2, -0.15) is 0 Å². The Morgan fingerprint density at radius 1 is 1.25 bits per heavy atom.